The lowest BCUT2D eigenvalue weighted by Gasteiger charge is -2.06. The molecule has 1 amide bonds. The van der Waals surface area contributed by atoms with Gasteiger partial charge < -0.3 is 5.32 Å². The average Bonchev–Trinajstić information content (AvgIpc) is 2.32. The lowest BCUT2D eigenvalue weighted by molar-refractivity contribution is -0.115. The Morgan fingerprint density at radius 3 is 2.67 bits per heavy atom. The molecule has 0 unspecified atom stereocenters. The zero-order chi connectivity index (χ0) is 13.0. The van der Waals surface area contributed by atoms with Gasteiger partial charge in [0, 0.05) is 5.69 Å². The maximum absolute atomic E-state index is 13.4. The molecule has 0 aliphatic heterocycles. The fourth-order valence-corrected chi connectivity index (χ4v) is 1.74. The smallest absolute Gasteiger partial charge is 0.228 e. The number of carbonyl (C=O) groups is 1. The molecule has 0 saturated carbocycles. The van der Waals surface area contributed by atoms with Gasteiger partial charge in [-0.1, -0.05) is 30.3 Å². The summed E-state index contributed by atoms with van der Waals surface area (Å²) >= 11 is 0. The van der Waals surface area contributed by atoms with Gasteiger partial charge in [0.25, 0.3) is 0 Å². The van der Waals surface area contributed by atoms with Crippen LogP contribution in [0.5, 0.6) is 0 Å². The van der Waals surface area contributed by atoms with Crippen molar-refractivity contribution in [2.45, 2.75) is 13.3 Å². The van der Waals surface area contributed by atoms with Crippen molar-refractivity contribution >= 4 is 11.6 Å². The molecular formula is C15H14FNO. The lowest BCUT2D eigenvalue weighted by Crippen LogP contribution is -2.15. The Morgan fingerprint density at radius 2 is 1.94 bits per heavy atom. The van der Waals surface area contributed by atoms with Crippen molar-refractivity contribution in [3.05, 3.63) is 65.5 Å². The van der Waals surface area contributed by atoms with E-state index in [2.05, 4.69) is 5.32 Å². The monoisotopic (exact) mass is 243 g/mol. The van der Waals surface area contributed by atoms with Gasteiger partial charge in [-0.2, -0.15) is 0 Å². The van der Waals surface area contributed by atoms with Gasteiger partial charge >= 0.3 is 0 Å². The molecule has 0 bridgehead atoms. The molecular weight excluding hydrogens is 229 g/mol. The van der Waals surface area contributed by atoms with E-state index >= 15 is 0 Å². The van der Waals surface area contributed by atoms with E-state index in [0.29, 0.717) is 5.56 Å². The van der Waals surface area contributed by atoms with Crippen LogP contribution < -0.4 is 5.32 Å². The second-order valence-corrected chi connectivity index (χ2v) is 4.19. The van der Waals surface area contributed by atoms with Crippen molar-refractivity contribution in [3.8, 4) is 0 Å². The van der Waals surface area contributed by atoms with Gasteiger partial charge in [0.15, 0.2) is 0 Å². The summed E-state index contributed by atoms with van der Waals surface area (Å²) < 4.78 is 13.4. The number of benzene rings is 2. The lowest BCUT2D eigenvalue weighted by atomic mass is 10.1. The van der Waals surface area contributed by atoms with Gasteiger partial charge in [-0.05, 0) is 36.2 Å². The van der Waals surface area contributed by atoms with Crippen molar-refractivity contribution in [3.63, 3.8) is 0 Å². The number of aryl methyl sites for hydroxylation is 1. The van der Waals surface area contributed by atoms with Gasteiger partial charge in [0.2, 0.25) is 5.91 Å². The molecule has 0 saturated heterocycles. The van der Waals surface area contributed by atoms with Crippen LogP contribution in [0.3, 0.4) is 0 Å². The van der Waals surface area contributed by atoms with Gasteiger partial charge in [0.1, 0.15) is 5.82 Å². The molecule has 0 aromatic heterocycles. The fraction of sp³-hybridized carbons (Fsp3) is 0.133. The van der Waals surface area contributed by atoms with Gasteiger partial charge in [-0.25, -0.2) is 4.39 Å². The number of nitrogens with one attached hydrogen (secondary N) is 1. The van der Waals surface area contributed by atoms with Crippen LogP contribution in [0.4, 0.5) is 10.1 Å². The molecule has 0 aliphatic rings. The highest BCUT2D eigenvalue weighted by molar-refractivity contribution is 5.92. The van der Waals surface area contributed by atoms with E-state index in [9.17, 15) is 9.18 Å². The van der Waals surface area contributed by atoms with Crippen molar-refractivity contribution < 1.29 is 9.18 Å². The topological polar surface area (TPSA) is 29.1 Å². The molecule has 0 spiro atoms. The second kappa shape index (κ2) is 5.45. The summed E-state index contributed by atoms with van der Waals surface area (Å²) in [6.45, 7) is 1.95. The molecule has 92 valence electrons. The standard InChI is InChI=1S/C15H14FNO/c1-11-5-4-7-13(9-11)17-15(18)10-12-6-2-3-8-14(12)16/h2-9H,10H2,1H3,(H,17,18). The summed E-state index contributed by atoms with van der Waals surface area (Å²) in [5.74, 6) is -0.567. The third kappa shape index (κ3) is 3.17. The summed E-state index contributed by atoms with van der Waals surface area (Å²) in [6.07, 6.45) is 0.0423. The van der Waals surface area contributed by atoms with E-state index in [-0.39, 0.29) is 18.1 Å². The zero-order valence-corrected chi connectivity index (χ0v) is 10.1. The number of rotatable bonds is 3. The van der Waals surface area contributed by atoms with Crippen LogP contribution in [0, 0.1) is 12.7 Å². The third-order valence-corrected chi connectivity index (χ3v) is 2.61. The largest absolute Gasteiger partial charge is 0.326 e. The van der Waals surface area contributed by atoms with Crippen molar-refractivity contribution in [2.75, 3.05) is 5.32 Å². The van der Waals surface area contributed by atoms with Crippen LogP contribution in [0.1, 0.15) is 11.1 Å². The Kier molecular flexibility index (Phi) is 3.72. The maximum atomic E-state index is 13.4. The van der Waals surface area contributed by atoms with Crippen LogP contribution in [-0.4, -0.2) is 5.91 Å². The molecule has 0 aliphatic carbocycles. The number of halogens is 1. The Morgan fingerprint density at radius 1 is 1.17 bits per heavy atom. The predicted octanol–water partition coefficient (Wildman–Crippen LogP) is 3.32. The minimum atomic E-state index is -0.350. The molecule has 0 atom stereocenters. The van der Waals surface area contributed by atoms with Crippen LogP contribution in [0.25, 0.3) is 0 Å². The third-order valence-electron chi connectivity index (χ3n) is 2.61. The number of hydrogen-bond donors (Lipinski definition) is 1. The Balaban J connectivity index is 2.03. The minimum Gasteiger partial charge on any atom is -0.326 e. The highest BCUT2D eigenvalue weighted by atomic mass is 19.1. The normalized spacial score (nSPS) is 10.1. The molecule has 0 radical (unpaired) electrons. The van der Waals surface area contributed by atoms with E-state index in [1.807, 2.05) is 31.2 Å². The number of anilines is 1. The first-order valence-corrected chi connectivity index (χ1v) is 5.75. The first kappa shape index (κ1) is 12.3. The predicted molar refractivity (Wildman–Crippen MR) is 69.9 cm³/mol. The molecule has 0 fully saturated rings. The summed E-state index contributed by atoms with van der Waals surface area (Å²) in [5.41, 5.74) is 2.21. The van der Waals surface area contributed by atoms with E-state index in [0.717, 1.165) is 11.3 Å². The molecule has 2 aromatic carbocycles. The molecule has 3 heteroatoms. The van der Waals surface area contributed by atoms with E-state index in [1.165, 1.54) is 6.07 Å². The van der Waals surface area contributed by atoms with E-state index in [1.54, 1.807) is 18.2 Å². The average molecular weight is 243 g/mol. The number of hydrogen-bond acceptors (Lipinski definition) is 1. The number of carbonyl (C=O) groups excluding carboxylic acids is 1. The molecule has 18 heavy (non-hydrogen) atoms. The Bertz CT molecular complexity index is 566. The fourth-order valence-electron chi connectivity index (χ4n) is 1.74. The summed E-state index contributed by atoms with van der Waals surface area (Å²) in [7, 11) is 0. The van der Waals surface area contributed by atoms with Crippen molar-refractivity contribution in [2.24, 2.45) is 0 Å². The summed E-state index contributed by atoms with van der Waals surface area (Å²) in [6, 6.07) is 13.8. The molecule has 2 aromatic rings. The quantitative estimate of drug-likeness (QED) is 0.880. The van der Waals surface area contributed by atoms with Crippen molar-refractivity contribution in [1.82, 2.24) is 0 Å². The number of amides is 1. The van der Waals surface area contributed by atoms with Gasteiger partial charge in [0.05, 0.1) is 6.42 Å². The summed E-state index contributed by atoms with van der Waals surface area (Å²) in [4.78, 5) is 11.8. The van der Waals surface area contributed by atoms with Crippen molar-refractivity contribution in [1.29, 1.82) is 0 Å². The molecule has 1 N–H and O–H groups in total. The van der Waals surface area contributed by atoms with Crippen LogP contribution in [0.2, 0.25) is 0 Å². The molecule has 2 rings (SSSR count). The highest BCUT2D eigenvalue weighted by Crippen LogP contribution is 2.12. The Hall–Kier alpha value is -2.16. The molecule has 2 nitrogen and oxygen atoms in total. The minimum absolute atomic E-state index is 0.0423. The highest BCUT2D eigenvalue weighted by Gasteiger charge is 2.07. The SMILES string of the molecule is Cc1cccc(NC(=O)Cc2ccccc2F)c1. The van der Waals surface area contributed by atoms with Gasteiger partial charge in [-0.15, -0.1) is 0 Å². The first-order chi connectivity index (χ1) is 8.65. The summed E-state index contributed by atoms with van der Waals surface area (Å²) in [5, 5.41) is 2.75. The Labute approximate surface area is 105 Å². The van der Waals surface area contributed by atoms with E-state index in [4.69, 9.17) is 0 Å². The van der Waals surface area contributed by atoms with Gasteiger partial charge in [-0.3, -0.25) is 4.79 Å². The molecule has 0 heterocycles. The second-order valence-electron chi connectivity index (χ2n) is 4.19. The first-order valence-electron chi connectivity index (χ1n) is 5.75. The zero-order valence-electron chi connectivity index (χ0n) is 10.1. The van der Waals surface area contributed by atoms with Crippen LogP contribution in [0.15, 0.2) is 48.5 Å². The maximum Gasteiger partial charge on any atom is 0.228 e. The van der Waals surface area contributed by atoms with Crippen LogP contribution in [-0.2, 0) is 11.2 Å². The van der Waals surface area contributed by atoms with E-state index < -0.39 is 0 Å². The van der Waals surface area contributed by atoms with Crippen LogP contribution >= 0.6 is 0 Å².